The smallest absolute Gasteiger partial charge is 0.303 e. The molecule has 22 heteroatoms. The van der Waals surface area contributed by atoms with Crippen molar-refractivity contribution >= 4 is 35.8 Å². The number of nitrogens with one attached hydrogen (secondary N) is 5. The molecule has 4 rings (SSSR count). The van der Waals surface area contributed by atoms with Crippen molar-refractivity contribution in [3.63, 3.8) is 0 Å². The van der Waals surface area contributed by atoms with Crippen molar-refractivity contribution in [2.75, 3.05) is 166 Å². The standard InChI is InChI=1S/C58H87N5O17/c1-8-45-41(3)51(62-57(45)67)38-49-43(5)47(53(60-49)40-54-48(11-13-56(65)66)44(6)50(61-54)39-52-42(4)46(9-2)58(68)63-52)10-12-55(64)59-14-15-70-18-19-72-22-23-74-26-27-76-30-31-78-34-35-80-37-36-79-33-32-77-29-28-75-25-24-73-21-20-71-17-16-69-7/h8-9,38-39,60-61H,1-2,10-37,40H2,3-7H3,(H,59,64)(H,62,67)(H,63,68)(H,65,66)/b51-38-,52-39-. The van der Waals surface area contributed by atoms with Gasteiger partial charge in [-0.15, -0.1) is 0 Å². The van der Waals surface area contributed by atoms with E-state index in [-0.39, 0.29) is 37.0 Å². The third-order valence-corrected chi connectivity index (χ3v) is 12.9. The van der Waals surface area contributed by atoms with E-state index in [2.05, 4.69) is 39.1 Å². The third kappa shape index (κ3) is 24.6. The average molecular weight is 1130 g/mol. The summed E-state index contributed by atoms with van der Waals surface area (Å²) in [6.45, 7) is 26.2. The van der Waals surface area contributed by atoms with Gasteiger partial charge in [-0.3, -0.25) is 19.2 Å². The Morgan fingerprint density at radius 1 is 0.487 bits per heavy atom. The van der Waals surface area contributed by atoms with Gasteiger partial charge >= 0.3 is 5.97 Å². The normalized spacial score (nSPS) is 14.6. The van der Waals surface area contributed by atoms with Crippen LogP contribution in [0.3, 0.4) is 0 Å². The Kier molecular flexibility index (Phi) is 33.2. The number of carbonyl (C=O) groups excluding carboxylic acids is 3. The zero-order chi connectivity index (χ0) is 57.7. The van der Waals surface area contributed by atoms with Crippen LogP contribution in [0.15, 0.2) is 59.0 Å². The maximum atomic E-state index is 13.2. The summed E-state index contributed by atoms with van der Waals surface area (Å²) in [7, 11) is 1.64. The van der Waals surface area contributed by atoms with E-state index >= 15 is 0 Å². The number of carboxylic acids is 1. The van der Waals surface area contributed by atoms with Crippen LogP contribution < -0.4 is 16.0 Å². The predicted molar refractivity (Wildman–Crippen MR) is 300 cm³/mol. The van der Waals surface area contributed by atoms with Crippen LogP contribution in [0.5, 0.6) is 0 Å². The number of aromatic nitrogens is 2. The molecule has 0 unspecified atom stereocenters. The Hall–Kier alpha value is -5.60. The van der Waals surface area contributed by atoms with Crippen molar-refractivity contribution in [3.05, 3.63) is 104 Å². The van der Waals surface area contributed by atoms with Gasteiger partial charge in [0.15, 0.2) is 0 Å². The molecule has 0 spiro atoms. The number of amides is 3. The number of hydrogen-bond donors (Lipinski definition) is 6. The van der Waals surface area contributed by atoms with Crippen molar-refractivity contribution < 1.29 is 81.1 Å². The van der Waals surface area contributed by atoms with Crippen LogP contribution in [0.1, 0.15) is 71.7 Å². The van der Waals surface area contributed by atoms with Crippen LogP contribution in [-0.2, 0) is 95.3 Å². The summed E-state index contributed by atoms with van der Waals surface area (Å²) >= 11 is 0. The van der Waals surface area contributed by atoms with Crippen LogP contribution in [0.25, 0.3) is 12.2 Å². The second-order valence-corrected chi connectivity index (χ2v) is 18.4. The maximum Gasteiger partial charge on any atom is 0.303 e. The molecule has 4 heterocycles. The van der Waals surface area contributed by atoms with Gasteiger partial charge in [-0.2, -0.15) is 0 Å². The van der Waals surface area contributed by atoms with Crippen molar-refractivity contribution in [2.24, 2.45) is 0 Å². The van der Waals surface area contributed by atoms with Crippen molar-refractivity contribution in [2.45, 2.75) is 59.8 Å². The first kappa shape index (κ1) is 66.9. The fraction of sp³-hybridized carbons (Fsp3) is 0.586. The summed E-state index contributed by atoms with van der Waals surface area (Å²) in [5, 5.41) is 18.4. The lowest BCUT2D eigenvalue weighted by Crippen LogP contribution is -2.28. The van der Waals surface area contributed by atoms with Crippen LogP contribution in [0.4, 0.5) is 0 Å². The van der Waals surface area contributed by atoms with E-state index in [0.29, 0.717) is 194 Å². The fourth-order valence-electron chi connectivity index (χ4n) is 8.42. The Morgan fingerprint density at radius 2 is 0.800 bits per heavy atom. The molecular formula is C58H87N5O17. The number of hydrogen-bond acceptors (Lipinski definition) is 16. The lowest BCUT2D eigenvalue weighted by atomic mass is 9.98. The van der Waals surface area contributed by atoms with Crippen LogP contribution >= 0.6 is 0 Å². The molecule has 2 aromatic rings. The number of carbonyl (C=O) groups is 4. The zero-order valence-corrected chi connectivity index (χ0v) is 47.7. The van der Waals surface area contributed by atoms with Crippen molar-refractivity contribution in [1.29, 1.82) is 0 Å². The SMILES string of the molecule is C=CC1=C(C)/C(=C/c2[nH]c(Cc3[nH]c(/C=C4\NC(=O)C(C=C)=C4C)c(C)c3CCC(=O)NCCOCCOCCOCCOCCOCCOCCOCCOCCOCCOCCOCCOC)c(CCC(=O)O)c2C)NC1=O. The highest BCUT2D eigenvalue weighted by Crippen LogP contribution is 2.31. The monoisotopic (exact) mass is 1130 g/mol. The van der Waals surface area contributed by atoms with Crippen LogP contribution in [-0.4, -0.2) is 204 Å². The molecule has 0 saturated heterocycles. The van der Waals surface area contributed by atoms with Crippen LogP contribution in [0.2, 0.25) is 0 Å². The number of rotatable bonds is 48. The van der Waals surface area contributed by atoms with Gasteiger partial charge in [-0.25, -0.2) is 0 Å². The summed E-state index contributed by atoms with van der Waals surface area (Å²) in [4.78, 5) is 57.3. The molecule has 0 radical (unpaired) electrons. The van der Waals surface area contributed by atoms with Gasteiger partial charge in [-0.05, 0) is 86.1 Å². The Balaban J connectivity index is 1.05. The molecule has 22 nitrogen and oxygen atoms in total. The molecule has 0 saturated carbocycles. The van der Waals surface area contributed by atoms with E-state index < -0.39 is 5.97 Å². The maximum absolute atomic E-state index is 13.2. The largest absolute Gasteiger partial charge is 0.481 e. The average Bonchev–Trinajstić information content (AvgIpc) is 4.10. The topological polar surface area (TPSA) is 267 Å². The van der Waals surface area contributed by atoms with Gasteiger partial charge in [-0.1, -0.05) is 25.3 Å². The molecule has 80 heavy (non-hydrogen) atoms. The minimum atomic E-state index is -0.921. The third-order valence-electron chi connectivity index (χ3n) is 12.9. The lowest BCUT2D eigenvalue weighted by Gasteiger charge is -2.10. The van der Waals surface area contributed by atoms with Gasteiger partial charge in [0.2, 0.25) is 5.91 Å². The molecule has 6 N–H and O–H groups in total. The van der Waals surface area contributed by atoms with Gasteiger partial charge in [0.1, 0.15) is 0 Å². The van der Waals surface area contributed by atoms with E-state index in [1.54, 1.807) is 7.11 Å². The summed E-state index contributed by atoms with van der Waals surface area (Å²) in [6.07, 6.45) is 7.97. The van der Waals surface area contributed by atoms with E-state index in [1.165, 1.54) is 12.2 Å². The van der Waals surface area contributed by atoms with Crippen LogP contribution in [0, 0.1) is 13.8 Å². The predicted octanol–water partition coefficient (Wildman–Crippen LogP) is 4.39. The van der Waals surface area contributed by atoms with Crippen molar-refractivity contribution in [3.8, 4) is 0 Å². The number of H-pyrrole nitrogens is 2. The molecule has 0 aliphatic carbocycles. The Labute approximate surface area is 470 Å². The van der Waals surface area contributed by atoms with E-state index in [1.807, 2.05) is 39.8 Å². The number of allylic oxidation sites excluding steroid dienone is 2. The first-order chi connectivity index (χ1) is 38.9. The first-order valence-electron chi connectivity index (χ1n) is 27.4. The fourth-order valence-corrected chi connectivity index (χ4v) is 8.42. The van der Waals surface area contributed by atoms with Gasteiger partial charge in [0.05, 0.1) is 152 Å². The number of methoxy groups -OCH3 is 1. The molecule has 0 bridgehead atoms. The van der Waals surface area contributed by atoms with Gasteiger partial charge < -0.3 is 87.9 Å². The molecule has 0 atom stereocenters. The molecule has 2 aromatic heterocycles. The highest BCUT2D eigenvalue weighted by Gasteiger charge is 2.26. The number of carboxylic acid groups (broad SMARTS) is 1. The molecule has 0 aromatic carbocycles. The first-order valence-corrected chi connectivity index (χ1v) is 27.4. The summed E-state index contributed by atoms with van der Waals surface area (Å²) < 4.78 is 65.6. The molecule has 3 amide bonds. The van der Waals surface area contributed by atoms with E-state index in [0.717, 1.165) is 56.2 Å². The minimum Gasteiger partial charge on any atom is -0.481 e. The number of aliphatic carboxylic acids is 1. The lowest BCUT2D eigenvalue weighted by molar-refractivity contribution is -0.137. The molecular weight excluding hydrogens is 1040 g/mol. The van der Waals surface area contributed by atoms with Gasteiger partial charge in [0.25, 0.3) is 11.8 Å². The second kappa shape index (κ2) is 39.7. The zero-order valence-electron chi connectivity index (χ0n) is 47.7. The summed E-state index contributed by atoms with van der Waals surface area (Å²) in [5.41, 5.74) is 10.5. The van der Waals surface area contributed by atoms with E-state index in [9.17, 15) is 24.3 Å². The Bertz CT molecular complexity index is 2380. The highest BCUT2D eigenvalue weighted by molar-refractivity contribution is 6.04. The van der Waals surface area contributed by atoms with Gasteiger partial charge in [0, 0.05) is 78.2 Å². The molecule has 0 fully saturated rings. The highest BCUT2D eigenvalue weighted by atomic mass is 16.6. The summed E-state index contributed by atoms with van der Waals surface area (Å²) in [6, 6.07) is 0. The summed E-state index contributed by atoms with van der Waals surface area (Å²) in [5.74, 6) is -1.54. The minimum absolute atomic E-state index is 0.0782. The molecule has 446 valence electrons. The Morgan fingerprint density at radius 3 is 1.10 bits per heavy atom. The number of aromatic amines is 2. The number of ether oxygens (including phenoxy) is 12. The van der Waals surface area contributed by atoms with E-state index in [4.69, 9.17) is 56.8 Å². The quantitative estimate of drug-likeness (QED) is 0.0502. The van der Waals surface area contributed by atoms with Crippen molar-refractivity contribution in [1.82, 2.24) is 25.9 Å². The molecule has 2 aliphatic heterocycles. The molecule has 2 aliphatic rings. The second-order valence-electron chi connectivity index (χ2n) is 18.4.